The van der Waals surface area contributed by atoms with Crippen LogP contribution < -0.4 is 5.56 Å². The maximum atomic E-state index is 13.8. The number of fused-ring (bicyclic) bond motifs is 1. The van der Waals surface area contributed by atoms with Gasteiger partial charge >= 0.3 is 0 Å². The first-order chi connectivity index (χ1) is 13.8. The normalized spacial score (nSPS) is 24.2. The van der Waals surface area contributed by atoms with Crippen molar-refractivity contribution in [1.29, 1.82) is 0 Å². The molecule has 3 atom stereocenters. The highest BCUT2D eigenvalue weighted by atomic mass is 19.1. The van der Waals surface area contributed by atoms with Gasteiger partial charge in [0.15, 0.2) is 0 Å². The number of hydrogen-bond donors (Lipinski definition) is 0. The Morgan fingerprint density at radius 3 is 2.62 bits per heavy atom. The molecule has 1 aromatic heterocycles. The molecule has 3 heterocycles. The molecular weight excluding hydrogens is 369 g/mol. The molecule has 0 saturated carbocycles. The van der Waals surface area contributed by atoms with E-state index in [-0.39, 0.29) is 34.8 Å². The fraction of sp³-hybridized carbons (Fsp3) is 0.478. The SMILES string of the molecule is CCc1c(C)cc(C(=O)N2C[C@@H]3CN(C)[C@@H](c4cccc(F)c4)[C@@H]3C2)c(=O)n1C. The summed E-state index contributed by atoms with van der Waals surface area (Å²) in [6.07, 6.45) is 0.752. The van der Waals surface area contributed by atoms with Crippen LogP contribution in [-0.2, 0) is 13.5 Å². The molecule has 0 N–H and O–H groups in total. The molecule has 2 aliphatic rings. The summed E-state index contributed by atoms with van der Waals surface area (Å²) < 4.78 is 15.4. The summed E-state index contributed by atoms with van der Waals surface area (Å²) >= 11 is 0. The maximum Gasteiger partial charge on any atom is 0.263 e. The van der Waals surface area contributed by atoms with Crippen molar-refractivity contribution in [3.8, 4) is 0 Å². The van der Waals surface area contributed by atoms with Crippen LogP contribution in [-0.4, -0.2) is 47.0 Å². The molecule has 2 fully saturated rings. The summed E-state index contributed by atoms with van der Waals surface area (Å²) in [4.78, 5) is 30.1. The van der Waals surface area contributed by atoms with E-state index in [0.717, 1.165) is 29.8 Å². The number of likely N-dealkylation sites (tertiary alicyclic amines) is 2. The Bertz CT molecular complexity index is 1020. The third kappa shape index (κ3) is 3.29. The van der Waals surface area contributed by atoms with Crippen LogP contribution in [0.25, 0.3) is 0 Å². The lowest BCUT2D eigenvalue weighted by Gasteiger charge is -2.27. The largest absolute Gasteiger partial charge is 0.338 e. The minimum atomic E-state index is -0.236. The van der Waals surface area contributed by atoms with Gasteiger partial charge in [0.1, 0.15) is 11.4 Å². The van der Waals surface area contributed by atoms with Gasteiger partial charge in [-0.2, -0.15) is 0 Å². The summed E-state index contributed by atoms with van der Waals surface area (Å²) in [6.45, 7) is 6.04. The molecule has 154 valence electrons. The fourth-order valence-electron chi connectivity index (χ4n) is 5.38. The zero-order valence-corrected chi connectivity index (χ0v) is 17.5. The van der Waals surface area contributed by atoms with Crippen molar-refractivity contribution >= 4 is 5.91 Å². The van der Waals surface area contributed by atoms with Crippen molar-refractivity contribution in [2.75, 3.05) is 26.7 Å². The van der Waals surface area contributed by atoms with Gasteiger partial charge in [-0.1, -0.05) is 19.1 Å². The van der Waals surface area contributed by atoms with Gasteiger partial charge in [-0.25, -0.2) is 4.39 Å². The molecule has 1 aromatic carbocycles. The number of hydrogen-bond acceptors (Lipinski definition) is 3. The molecule has 2 saturated heterocycles. The first kappa shape index (κ1) is 19.8. The topological polar surface area (TPSA) is 45.6 Å². The predicted octanol–water partition coefficient (Wildman–Crippen LogP) is 2.77. The van der Waals surface area contributed by atoms with Gasteiger partial charge in [0.2, 0.25) is 0 Å². The molecule has 6 heteroatoms. The first-order valence-electron chi connectivity index (χ1n) is 10.3. The highest BCUT2D eigenvalue weighted by molar-refractivity contribution is 5.94. The van der Waals surface area contributed by atoms with Gasteiger partial charge in [0, 0.05) is 44.3 Å². The average Bonchev–Trinajstić information content (AvgIpc) is 3.21. The van der Waals surface area contributed by atoms with Crippen LogP contribution in [0.1, 0.15) is 40.1 Å². The van der Waals surface area contributed by atoms with Crippen molar-refractivity contribution in [2.45, 2.75) is 26.3 Å². The number of rotatable bonds is 3. The Labute approximate surface area is 170 Å². The van der Waals surface area contributed by atoms with Crippen molar-refractivity contribution < 1.29 is 9.18 Å². The molecule has 2 aliphatic heterocycles. The number of carbonyl (C=O) groups excluding carboxylic acids is 1. The second-order valence-electron chi connectivity index (χ2n) is 8.48. The van der Waals surface area contributed by atoms with Crippen molar-refractivity contribution in [3.63, 3.8) is 0 Å². The number of halogens is 1. The van der Waals surface area contributed by atoms with E-state index >= 15 is 0 Å². The molecule has 5 nitrogen and oxygen atoms in total. The van der Waals surface area contributed by atoms with E-state index in [4.69, 9.17) is 0 Å². The lowest BCUT2D eigenvalue weighted by atomic mass is 9.89. The second-order valence-corrected chi connectivity index (χ2v) is 8.48. The molecule has 0 spiro atoms. The summed E-state index contributed by atoms with van der Waals surface area (Å²) in [5, 5.41) is 0. The van der Waals surface area contributed by atoms with Crippen LogP contribution in [0.2, 0.25) is 0 Å². The highest BCUT2D eigenvalue weighted by Gasteiger charge is 2.47. The van der Waals surface area contributed by atoms with Crippen LogP contribution in [0.3, 0.4) is 0 Å². The van der Waals surface area contributed by atoms with Gasteiger partial charge in [0.25, 0.3) is 11.5 Å². The predicted molar refractivity (Wildman–Crippen MR) is 110 cm³/mol. The van der Waals surface area contributed by atoms with E-state index < -0.39 is 0 Å². The van der Waals surface area contributed by atoms with E-state index in [1.165, 1.54) is 6.07 Å². The van der Waals surface area contributed by atoms with Gasteiger partial charge in [0.05, 0.1) is 0 Å². The van der Waals surface area contributed by atoms with Crippen LogP contribution in [0.5, 0.6) is 0 Å². The minimum absolute atomic E-state index is 0.0838. The number of nitrogens with zero attached hydrogens (tertiary/aromatic N) is 3. The Morgan fingerprint density at radius 2 is 1.93 bits per heavy atom. The molecule has 0 unspecified atom stereocenters. The van der Waals surface area contributed by atoms with Gasteiger partial charge in [-0.3, -0.25) is 14.5 Å². The Morgan fingerprint density at radius 1 is 1.17 bits per heavy atom. The van der Waals surface area contributed by atoms with E-state index in [2.05, 4.69) is 11.9 Å². The Balaban J connectivity index is 1.61. The molecule has 0 aliphatic carbocycles. The quantitative estimate of drug-likeness (QED) is 0.800. The van der Waals surface area contributed by atoms with E-state index in [1.807, 2.05) is 24.8 Å². The molecule has 0 bridgehead atoms. The standard InChI is InChI=1S/C23H28FN3O2/c1-5-20-14(2)9-18(22(28)26(20)4)23(29)27-12-16-11-25(3)21(19(16)13-27)15-7-6-8-17(24)10-15/h6-10,16,19,21H,5,11-13H2,1-4H3/t16-,19+,21-/m0/s1. The maximum absolute atomic E-state index is 13.8. The first-order valence-corrected chi connectivity index (χ1v) is 10.3. The minimum Gasteiger partial charge on any atom is -0.338 e. The highest BCUT2D eigenvalue weighted by Crippen LogP contribution is 2.44. The molecule has 1 amide bonds. The summed E-state index contributed by atoms with van der Waals surface area (Å²) in [5.74, 6) is 0.148. The summed E-state index contributed by atoms with van der Waals surface area (Å²) in [6, 6.07) is 8.58. The second kappa shape index (κ2) is 7.41. The van der Waals surface area contributed by atoms with Gasteiger partial charge < -0.3 is 9.47 Å². The van der Waals surface area contributed by atoms with Crippen LogP contribution in [0, 0.1) is 24.6 Å². The third-order valence-corrected chi connectivity index (χ3v) is 6.69. The number of amides is 1. The van der Waals surface area contributed by atoms with Crippen molar-refractivity contribution in [1.82, 2.24) is 14.4 Å². The average molecular weight is 397 g/mol. The number of pyridine rings is 1. The monoisotopic (exact) mass is 397 g/mol. The van der Waals surface area contributed by atoms with Gasteiger partial charge in [-0.15, -0.1) is 0 Å². The Kier molecular flexibility index (Phi) is 5.07. The van der Waals surface area contributed by atoms with Crippen LogP contribution in [0.4, 0.5) is 4.39 Å². The number of carbonyl (C=O) groups is 1. The van der Waals surface area contributed by atoms with E-state index in [0.29, 0.717) is 19.0 Å². The number of aromatic nitrogens is 1. The van der Waals surface area contributed by atoms with Crippen molar-refractivity contribution in [2.24, 2.45) is 18.9 Å². The lowest BCUT2D eigenvalue weighted by Crippen LogP contribution is -2.38. The molecule has 0 radical (unpaired) electrons. The lowest BCUT2D eigenvalue weighted by molar-refractivity contribution is 0.0765. The van der Waals surface area contributed by atoms with E-state index in [1.54, 1.807) is 29.8 Å². The summed E-state index contributed by atoms with van der Waals surface area (Å²) in [7, 11) is 3.79. The smallest absolute Gasteiger partial charge is 0.263 e. The number of benzene rings is 1. The fourth-order valence-corrected chi connectivity index (χ4v) is 5.38. The van der Waals surface area contributed by atoms with Crippen molar-refractivity contribution in [3.05, 3.63) is 68.9 Å². The third-order valence-electron chi connectivity index (χ3n) is 6.69. The van der Waals surface area contributed by atoms with Crippen LogP contribution in [0.15, 0.2) is 35.1 Å². The zero-order valence-electron chi connectivity index (χ0n) is 17.5. The Hall–Kier alpha value is -2.47. The van der Waals surface area contributed by atoms with Crippen LogP contribution >= 0.6 is 0 Å². The van der Waals surface area contributed by atoms with E-state index in [9.17, 15) is 14.0 Å². The molecule has 4 rings (SSSR count). The van der Waals surface area contributed by atoms with Gasteiger partial charge in [-0.05, 0) is 55.6 Å². The number of aryl methyl sites for hydroxylation is 1. The molecule has 2 aromatic rings. The zero-order chi connectivity index (χ0) is 20.9. The summed E-state index contributed by atoms with van der Waals surface area (Å²) in [5.41, 5.74) is 2.90. The molecular formula is C23H28FN3O2. The molecule has 29 heavy (non-hydrogen) atoms.